The van der Waals surface area contributed by atoms with Gasteiger partial charge in [-0.15, -0.1) is 0 Å². The number of aromatic nitrogens is 2. The molecule has 0 aliphatic heterocycles. The normalized spacial score (nSPS) is 21.3. The van der Waals surface area contributed by atoms with Crippen molar-refractivity contribution in [2.24, 2.45) is 11.3 Å². The van der Waals surface area contributed by atoms with Crippen molar-refractivity contribution in [2.75, 3.05) is 7.11 Å². The third-order valence-corrected chi connectivity index (χ3v) is 5.21. The van der Waals surface area contributed by atoms with E-state index in [9.17, 15) is 0 Å². The zero-order chi connectivity index (χ0) is 17.9. The molecule has 1 aliphatic rings. The molecule has 1 N–H and O–H groups in total. The van der Waals surface area contributed by atoms with Gasteiger partial charge in [-0.3, -0.25) is 0 Å². The molecule has 0 saturated heterocycles. The number of methoxy groups -OCH3 is 1. The molecule has 5 heteroatoms. The maximum Gasteiger partial charge on any atom is 0.240 e. The lowest BCUT2D eigenvalue weighted by Gasteiger charge is -2.40. The van der Waals surface area contributed by atoms with Crippen LogP contribution in [-0.2, 0) is 6.54 Å². The summed E-state index contributed by atoms with van der Waals surface area (Å²) in [4.78, 5) is 4.54. The Hall–Kier alpha value is -1.88. The average Bonchev–Trinajstić information content (AvgIpc) is 3.08. The van der Waals surface area contributed by atoms with Crippen molar-refractivity contribution in [3.05, 3.63) is 30.2 Å². The van der Waals surface area contributed by atoms with Crippen LogP contribution in [0, 0.1) is 11.3 Å². The molecule has 0 spiro atoms. The SMILES string of the molecule is COc1ccccc1-c1noc(CNC2CCCCC2C(C)(C)C)n1. The monoisotopic (exact) mass is 343 g/mol. The van der Waals surface area contributed by atoms with Gasteiger partial charge in [-0.05, 0) is 36.3 Å². The Balaban J connectivity index is 1.67. The smallest absolute Gasteiger partial charge is 0.240 e. The average molecular weight is 343 g/mol. The van der Waals surface area contributed by atoms with E-state index in [0.29, 0.717) is 35.6 Å². The van der Waals surface area contributed by atoms with Crippen molar-refractivity contribution >= 4 is 0 Å². The third-order valence-electron chi connectivity index (χ3n) is 5.21. The maximum atomic E-state index is 5.45. The summed E-state index contributed by atoms with van der Waals surface area (Å²) in [5.41, 5.74) is 1.17. The molecule has 2 atom stereocenters. The largest absolute Gasteiger partial charge is 0.496 e. The number of benzene rings is 1. The quantitative estimate of drug-likeness (QED) is 0.869. The zero-order valence-corrected chi connectivity index (χ0v) is 15.7. The number of hydrogen-bond donors (Lipinski definition) is 1. The van der Waals surface area contributed by atoms with Crippen molar-refractivity contribution in [2.45, 2.75) is 59.0 Å². The maximum absolute atomic E-state index is 5.45. The number of rotatable bonds is 5. The van der Waals surface area contributed by atoms with Crippen molar-refractivity contribution < 1.29 is 9.26 Å². The second-order valence-electron chi connectivity index (χ2n) is 7.96. The molecule has 1 fully saturated rings. The van der Waals surface area contributed by atoms with Gasteiger partial charge in [-0.1, -0.05) is 50.9 Å². The Morgan fingerprint density at radius 1 is 1.20 bits per heavy atom. The lowest BCUT2D eigenvalue weighted by molar-refractivity contribution is 0.127. The summed E-state index contributed by atoms with van der Waals surface area (Å²) < 4.78 is 10.8. The van der Waals surface area contributed by atoms with Crippen molar-refractivity contribution in [1.82, 2.24) is 15.5 Å². The van der Waals surface area contributed by atoms with Gasteiger partial charge in [0.1, 0.15) is 5.75 Å². The van der Waals surface area contributed by atoms with E-state index < -0.39 is 0 Å². The van der Waals surface area contributed by atoms with Gasteiger partial charge in [0.2, 0.25) is 11.7 Å². The molecule has 0 amide bonds. The van der Waals surface area contributed by atoms with Crippen LogP contribution in [0.15, 0.2) is 28.8 Å². The fourth-order valence-corrected chi connectivity index (χ4v) is 3.90. The summed E-state index contributed by atoms with van der Waals surface area (Å²) in [6, 6.07) is 8.23. The van der Waals surface area contributed by atoms with Crippen LogP contribution < -0.4 is 10.1 Å². The molecule has 2 aromatic rings. The molecule has 25 heavy (non-hydrogen) atoms. The lowest BCUT2D eigenvalue weighted by Crippen LogP contribution is -2.43. The van der Waals surface area contributed by atoms with E-state index in [1.54, 1.807) is 7.11 Å². The minimum absolute atomic E-state index is 0.315. The highest BCUT2D eigenvalue weighted by atomic mass is 16.5. The van der Waals surface area contributed by atoms with Crippen molar-refractivity contribution in [3.8, 4) is 17.1 Å². The molecular weight excluding hydrogens is 314 g/mol. The van der Waals surface area contributed by atoms with Gasteiger partial charge in [-0.25, -0.2) is 0 Å². The Morgan fingerprint density at radius 2 is 1.96 bits per heavy atom. The molecule has 0 bridgehead atoms. The van der Waals surface area contributed by atoms with Crippen LogP contribution >= 0.6 is 0 Å². The second kappa shape index (κ2) is 7.56. The first-order chi connectivity index (χ1) is 12.0. The Labute approximate surface area is 150 Å². The van der Waals surface area contributed by atoms with Crippen molar-refractivity contribution in [3.63, 3.8) is 0 Å². The summed E-state index contributed by atoms with van der Waals surface area (Å²) in [6.07, 6.45) is 5.13. The lowest BCUT2D eigenvalue weighted by atomic mass is 9.69. The molecule has 136 valence electrons. The number of nitrogens with zero attached hydrogens (tertiary/aromatic N) is 2. The summed E-state index contributed by atoms with van der Waals surface area (Å²) in [7, 11) is 1.65. The van der Waals surface area contributed by atoms with E-state index in [2.05, 4.69) is 36.2 Å². The van der Waals surface area contributed by atoms with Crippen LogP contribution in [0.4, 0.5) is 0 Å². The van der Waals surface area contributed by atoms with Crippen molar-refractivity contribution in [1.29, 1.82) is 0 Å². The van der Waals surface area contributed by atoms with E-state index >= 15 is 0 Å². The Morgan fingerprint density at radius 3 is 2.72 bits per heavy atom. The van der Waals surface area contributed by atoms with Crippen LogP contribution in [0.1, 0.15) is 52.3 Å². The van der Waals surface area contributed by atoms with Gasteiger partial charge in [0.25, 0.3) is 0 Å². The molecule has 1 aromatic heterocycles. The van der Waals surface area contributed by atoms with Gasteiger partial charge < -0.3 is 14.6 Å². The first-order valence-corrected chi connectivity index (χ1v) is 9.18. The summed E-state index contributed by atoms with van der Waals surface area (Å²) in [6.45, 7) is 7.62. The molecule has 3 rings (SSSR count). The highest BCUT2D eigenvalue weighted by molar-refractivity contribution is 5.63. The first-order valence-electron chi connectivity index (χ1n) is 9.18. The first kappa shape index (κ1) is 17.9. The Bertz CT molecular complexity index is 690. The van der Waals surface area contributed by atoms with Crippen LogP contribution in [0.25, 0.3) is 11.4 Å². The summed E-state index contributed by atoms with van der Waals surface area (Å²) in [5, 5.41) is 7.78. The zero-order valence-electron chi connectivity index (χ0n) is 15.7. The number of para-hydroxylation sites is 1. The van der Waals surface area contributed by atoms with Gasteiger partial charge in [0, 0.05) is 6.04 Å². The highest BCUT2D eigenvalue weighted by Gasteiger charge is 2.34. The molecule has 1 heterocycles. The molecule has 5 nitrogen and oxygen atoms in total. The van der Waals surface area contributed by atoms with E-state index in [1.165, 1.54) is 25.7 Å². The predicted octanol–water partition coefficient (Wildman–Crippen LogP) is 4.44. The van der Waals surface area contributed by atoms with Gasteiger partial charge in [0.15, 0.2) is 0 Å². The van der Waals surface area contributed by atoms with Crippen LogP contribution in [0.5, 0.6) is 5.75 Å². The highest BCUT2D eigenvalue weighted by Crippen LogP contribution is 2.38. The van der Waals surface area contributed by atoms with E-state index in [4.69, 9.17) is 9.26 Å². The van der Waals surface area contributed by atoms with Gasteiger partial charge in [-0.2, -0.15) is 4.98 Å². The summed E-state index contributed by atoms with van der Waals surface area (Å²) in [5.74, 6) is 2.63. The fourth-order valence-electron chi connectivity index (χ4n) is 3.90. The number of hydrogen-bond acceptors (Lipinski definition) is 5. The molecule has 2 unspecified atom stereocenters. The topological polar surface area (TPSA) is 60.2 Å². The Kier molecular flexibility index (Phi) is 5.42. The fraction of sp³-hybridized carbons (Fsp3) is 0.600. The van der Waals surface area contributed by atoms with E-state index in [-0.39, 0.29) is 0 Å². The van der Waals surface area contributed by atoms with Crippen LogP contribution in [-0.4, -0.2) is 23.3 Å². The van der Waals surface area contributed by atoms with Gasteiger partial charge in [0.05, 0.1) is 19.2 Å². The third kappa shape index (κ3) is 4.21. The molecule has 0 radical (unpaired) electrons. The van der Waals surface area contributed by atoms with Crippen LogP contribution in [0.3, 0.4) is 0 Å². The minimum Gasteiger partial charge on any atom is -0.496 e. The second-order valence-corrected chi connectivity index (χ2v) is 7.96. The van der Waals surface area contributed by atoms with E-state index in [1.807, 2.05) is 24.3 Å². The number of nitrogens with one attached hydrogen (secondary N) is 1. The predicted molar refractivity (Wildman–Crippen MR) is 98.3 cm³/mol. The molecule has 1 aromatic carbocycles. The number of ether oxygens (including phenoxy) is 1. The molecule has 1 aliphatic carbocycles. The molecule has 1 saturated carbocycles. The standard InChI is InChI=1S/C20H29N3O2/c1-20(2,3)15-10-6-7-11-16(15)21-13-18-22-19(23-25-18)14-9-5-8-12-17(14)24-4/h5,8-9,12,15-16,21H,6-7,10-11,13H2,1-4H3. The van der Waals surface area contributed by atoms with Crippen LogP contribution in [0.2, 0.25) is 0 Å². The molecular formula is C20H29N3O2. The van der Waals surface area contributed by atoms with E-state index in [0.717, 1.165) is 11.3 Å². The summed E-state index contributed by atoms with van der Waals surface area (Å²) >= 11 is 0. The minimum atomic E-state index is 0.315. The van der Waals surface area contributed by atoms with Gasteiger partial charge >= 0.3 is 0 Å².